The normalized spacial score (nSPS) is 10.2. The summed E-state index contributed by atoms with van der Waals surface area (Å²) < 4.78 is 13.0. The summed E-state index contributed by atoms with van der Waals surface area (Å²) in [4.78, 5) is 0. The van der Waals surface area contributed by atoms with Gasteiger partial charge in [-0.15, -0.1) is 0 Å². The van der Waals surface area contributed by atoms with Crippen molar-refractivity contribution in [2.24, 2.45) is 0 Å². The van der Waals surface area contributed by atoms with Crippen LogP contribution in [0.2, 0.25) is 0 Å². The van der Waals surface area contributed by atoms with E-state index in [0.29, 0.717) is 11.4 Å². The van der Waals surface area contributed by atoms with E-state index < -0.39 is 0 Å². The average Bonchev–Trinajstić information content (AvgIpc) is 2.22. The van der Waals surface area contributed by atoms with E-state index in [1.807, 2.05) is 12.1 Å². The van der Waals surface area contributed by atoms with E-state index in [0.717, 1.165) is 11.1 Å². The van der Waals surface area contributed by atoms with Crippen LogP contribution in [0.3, 0.4) is 0 Å². The van der Waals surface area contributed by atoms with Crippen molar-refractivity contribution < 1.29 is 4.39 Å². The Labute approximate surface area is 87.3 Å². The highest BCUT2D eigenvalue weighted by Gasteiger charge is 2.01. The van der Waals surface area contributed by atoms with Crippen molar-refractivity contribution >= 4 is 11.4 Å². The van der Waals surface area contributed by atoms with Gasteiger partial charge >= 0.3 is 0 Å². The second kappa shape index (κ2) is 3.61. The van der Waals surface area contributed by atoms with Gasteiger partial charge in [0.2, 0.25) is 0 Å². The number of rotatable bonds is 1. The molecule has 0 amide bonds. The molecule has 0 aliphatic carbocycles. The molecule has 2 nitrogen and oxygen atoms in total. The van der Waals surface area contributed by atoms with Crippen LogP contribution in [0.25, 0.3) is 11.1 Å². The van der Waals surface area contributed by atoms with Gasteiger partial charge in [-0.25, -0.2) is 4.39 Å². The number of benzene rings is 2. The SMILES string of the molecule is Nc1ccc(-c2cccc(F)c2)cc1N. The molecule has 2 aromatic carbocycles. The molecular weight excluding hydrogens is 191 g/mol. The first-order valence-corrected chi connectivity index (χ1v) is 4.58. The Kier molecular flexibility index (Phi) is 2.29. The number of hydrogen-bond acceptors (Lipinski definition) is 2. The standard InChI is InChI=1S/C12H11FN2/c13-10-3-1-2-8(6-10)9-4-5-11(14)12(15)7-9/h1-7H,14-15H2. The van der Waals surface area contributed by atoms with Crippen LogP contribution in [0.15, 0.2) is 42.5 Å². The quantitative estimate of drug-likeness (QED) is 0.698. The number of hydrogen-bond donors (Lipinski definition) is 2. The Morgan fingerprint density at radius 1 is 0.800 bits per heavy atom. The molecule has 0 saturated carbocycles. The number of anilines is 2. The van der Waals surface area contributed by atoms with E-state index >= 15 is 0 Å². The maximum absolute atomic E-state index is 13.0. The lowest BCUT2D eigenvalue weighted by Crippen LogP contribution is -1.94. The third-order valence-corrected chi connectivity index (χ3v) is 2.24. The van der Waals surface area contributed by atoms with Crippen LogP contribution in [0.5, 0.6) is 0 Å². The van der Waals surface area contributed by atoms with Crippen LogP contribution in [-0.2, 0) is 0 Å². The van der Waals surface area contributed by atoms with Crippen molar-refractivity contribution in [3.8, 4) is 11.1 Å². The highest BCUT2D eigenvalue weighted by atomic mass is 19.1. The molecule has 76 valence electrons. The summed E-state index contributed by atoms with van der Waals surface area (Å²) in [5.41, 5.74) is 14.0. The van der Waals surface area contributed by atoms with Crippen LogP contribution in [0.1, 0.15) is 0 Å². The largest absolute Gasteiger partial charge is 0.397 e. The van der Waals surface area contributed by atoms with Crippen molar-refractivity contribution in [3.63, 3.8) is 0 Å². The van der Waals surface area contributed by atoms with Crippen LogP contribution in [0, 0.1) is 5.82 Å². The van der Waals surface area contributed by atoms with Crippen LogP contribution >= 0.6 is 0 Å². The fraction of sp³-hybridized carbons (Fsp3) is 0. The first kappa shape index (κ1) is 9.52. The van der Waals surface area contributed by atoms with Gasteiger partial charge in [-0.05, 0) is 35.4 Å². The Morgan fingerprint density at radius 2 is 1.53 bits per heavy atom. The smallest absolute Gasteiger partial charge is 0.123 e. The van der Waals surface area contributed by atoms with Gasteiger partial charge in [0.1, 0.15) is 5.82 Å². The monoisotopic (exact) mass is 202 g/mol. The minimum absolute atomic E-state index is 0.261. The fourth-order valence-corrected chi connectivity index (χ4v) is 1.42. The van der Waals surface area contributed by atoms with Crippen LogP contribution in [-0.4, -0.2) is 0 Å². The second-order valence-electron chi connectivity index (χ2n) is 3.35. The lowest BCUT2D eigenvalue weighted by atomic mass is 10.0. The first-order chi connectivity index (χ1) is 7.16. The highest BCUT2D eigenvalue weighted by Crippen LogP contribution is 2.25. The van der Waals surface area contributed by atoms with E-state index in [4.69, 9.17) is 11.5 Å². The number of nitrogen functional groups attached to an aromatic ring is 2. The van der Waals surface area contributed by atoms with E-state index in [9.17, 15) is 4.39 Å². The zero-order valence-corrected chi connectivity index (χ0v) is 8.07. The Bertz CT molecular complexity index is 495. The van der Waals surface area contributed by atoms with Crippen LogP contribution < -0.4 is 11.5 Å². The van der Waals surface area contributed by atoms with Crippen LogP contribution in [0.4, 0.5) is 15.8 Å². The maximum Gasteiger partial charge on any atom is 0.123 e. The van der Waals surface area contributed by atoms with E-state index in [2.05, 4.69) is 0 Å². The lowest BCUT2D eigenvalue weighted by molar-refractivity contribution is 0.628. The van der Waals surface area contributed by atoms with Gasteiger partial charge in [0.25, 0.3) is 0 Å². The highest BCUT2D eigenvalue weighted by molar-refractivity contribution is 5.74. The van der Waals surface area contributed by atoms with Gasteiger partial charge in [0.15, 0.2) is 0 Å². The Morgan fingerprint density at radius 3 is 2.20 bits per heavy atom. The van der Waals surface area contributed by atoms with Gasteiger partial charge in [-0.1, -0.05) is 18.2 Å². The van der Waals surface area contributed by atoms with Crippen molar-refractivity contribution in [1.29, 1.82) is 0 Å². The van der Waals surface area contributed by atoms with Crippen molar-refractivity contribution in [1.82, 2.24) is 0 Å². The predicted octanol–water partition coefficient (Wildman–Crippen LogP) is 2.66. The molecule has 0 aliphatic rings. The molecule has 0 aliphatic heterocycles. The van der Waals surface area contributed by atoms with E-state index in [1.54, 1.807) is 18.2 Å². The maximum atomic E-state index is 13.0. The number of halogens is 1. The molecule has 0 atom stereocenters. The molecular formula is C12H11FN2. The predicted molar refractivity (Wildman–Crippen MR) is 60.7 cm³/mol. The minimum atomic E-state index is -0.261. The number of nitrogens with two attached hydrogens (primary N) is 2. The molecule has 4 N–H and O–H groups in total. The van der Waals surface area contributed by atoms with Crippen molar-refractivity contribution in [3.05, 3.63) is 48.3 Å². The molecule has 0 bridgehead atoms. The molecule has 0 saturated heterocycles. The van der Waals surface area contributed by atoms with Gasteiger partial charge < -0.3 is 11.5 Å². The van der Waals surface area contributed by atoms with Gasteiger partial charge in [-0.3, -0.25) is 0 Å². The lowest BCUT2D eigenvalue weighted by Gasteiger charge is -2.05. The third-order valence-electron chi connectivity index (χ3n) is 2.24. The summed E-state index contributed by atoms with van der Waals surface area (Å²) in [6, 6.07) is 11.6. The molecule has 15 heavy (non-hydrogen) atoms. The second-order valence-corrected chi connectivity index (χ2v) is 3.35. The summed E-state index contributed by atoms with van der Waals surface area (Å²) in [6.45, 7) is 0. The first-order valence-electron chi connectivity index (χ1n) is 4.58. The molecule has 0 spiro atoms. The topological polar surface area (TPSA) is 52.0 Å². The summed E-state index contributed by atoms with van der Waals surface area (Å²) in [5.74, 6) is -0.261. The molecule has 0 radical (unpaired) electrons. The summed E-state index contributed by atoms with van der Waals surface area (Å²) >= 11 is 0. The van der Waals surface area contributed by atoms with E-state index in [1.165, 1.54) is 12.1 Å². The minimum Gasteiger partial charge on any atom is -0.397 e. The van der Waals surface area contributed by atoms with E-state index in [-0.39, 0.29) is 5.82 Å². The molecule has 0 fully saturated rings. The zero-order valence-electron chi connectivity index (χ0n) is 8.07. The molecule has 0 heterocycles. The summed E-state index contributed by atoms with van der Waals surface area (Å²) in [6.07, 6.45) is 0. The van der Waals surface area contributed by atoms with Gasteiger partial charge in [0.05, 0.1) is 11.4 Å². The van der Waals surface area contributed by atoms with Gasteiger partial charge in [-0.2, -0.15) is 0 Å². The third kappa shape index (κ3) is 1.91. The van der Waals surface area contributed by atoms with Crippen molar-refractivity contribution in [2.75, 3.05) is 11.5 Å². The molecule has 3 heteroatoms. The molecule has 0 aromatic heterocycles. The summed E-state index contributed by atoms with van der Waals surface area (Å²) in [5, 5.41) is 0. The van der Waals surface area contributed by atoms with Gasteiger partial charge in [0, 0.05) is 0 Å². The molecule has 2 rings (SSSR count). The molecule has 2 aromatic rings. The average molecular weight is 202 g/mol. The van der Waals surface area contributed by atoms with Crippen molar-refractivity contribution in [2.45, 2.75) is 0 Å². The fourth-order valence-electron chi connectivity index (χ4n) is 1.42. The Hall–Kier alpha value is -2.03. The zero-order chi connectivity index (χ0) is 10.8. The molecule has 0 unspecified atom stereocenters. The Balaban J connectivity index is 2.50. The summed E-state index contributed by atoms with van der Waals surface area (Å²) in [7, 11) is 0.